The zero-order chi connectivity index (χ0) is 15.0. The SMILES string of the molecule is Cc1ccc(C)c(C(N)c2cc(C)c3ccccc3n2)c1. The van der Waals surface area contributed by atoms with E-state index in [0.29, 0.717) is 0 Å². The Kier molecular flexibility index (Phi) is 3.48. The summed E-state index contributed by atoms with van der Waals surface area (Å²) in [6.45, 7) is 6.31. The van der Waals surface area contributed by atoms with Gasteiger partial charge in [-0.05, 0) is 49.6 Å². The predicted molar refractivity (Wildman–Crippen MR) is 88.4 cm³/mol. The molecule has 3 aromatic rings. The highest BCUT2D eigenvalue weighted by molar-refractivity contribution is 5.82. The summed E-state index contributed by atoms with van der Waals surface area (Å²) in [5.74, 6) is 0. The average Bonchev–Trinajstić information content (AvgIpc) is 2.49. The van der Waals surface area contributed by atoms with E-state index >= 15 is 0 Å². The first-order valence-electron chi connectivity index (χ1n) is 7.25. The van der Waals surface area contributed by atoms with Crippen LogP contribution in [0.3, 0.4) is 0 Å². The number of hydrogen-bond donors (Lipinski definition) is 1. The van der Waals surface area contributed by atoms with Gasteiger partial charge in [0.05, 0.1) is 17.3 Å². The molecule has 0 saturated carbocycles. The molecule has 0 aliphatic rings. The third-order valence-corrected chi connectivity index (χ3v) is 4.03. The molecule has 0 aliphatic heterocycles. The van der Waals surface area contributed by atoms with Gasteiger partial charge in [-0.1, -0.05) is 42.0 Å². The molecule has 2 heteroatoms. The van der Waals surface area contributed by atoms with E-state index in [4.69, 9.17) is 10.7 Å². The summed E-state index contributed by atoms with van der Waals surface area (Å²) in [4.78, 5) is 4.76. The van der Waals surface area contributed by atoms with Crippen molar-refractivity contribution < 1.29 is 0 Å². The molecule has 0 saturated heterocycles. The van der Waals surface area contributed by atoms with Crippen molar-refractivity contribution in [2.24, 2.45) is 5.73 Å². The van der Waals surface area contributed by atoms with Gasteiger partial charge in [0.15, 0.2) is 0 Å². The Balaban J connectivity index is 2.13. The highest BCUT2D eigenvalue weighted by Gasteiger charge is 2.14. The Labute approximate surface area is 125 Å². The van der Waals surface area contributed by atoms with Crippen LogP contribution in [0.1, 0.15) is 34.0 Å². The largest absolute Gasteiger partial charge is 0.319 e. The van der Waals surface area contributed by atoms with Gasteiger partial charge in [0, 0.05) is 5.39 Å². The zero-order valence-corrected chi connectivity index (χ0v) is 12.7. The van der Waals surface area contributed by atoms with Gasteiger partial charge in [-0.25, -0.2) is 0 Å². The van der Waals surface area contributed by atoms with Crippen LogP contribution in [0.4, 0.5) is 0 Å². The molecule has 1 unspecified atom stereocenters. The molecule has 3 rings (SSSR count). The minimum Gasteiger partial charge on any atom is -0.319 e. The van der Waals surface area contributed by atoms with Crippen molar-refractivity contribution in [2.45, 2.75) is 26.8 Å². The number of fused-ring (bicyclic) bond motifs is 1. The van der Waals surface area contributed by atoms with Gasteiger partial charge in [-0.15, -0.1) is 0 Å². The first-order chi connectivity index (χ1) is 10.1. The normalized spacial score (nSPS) is 12.6. The summed E-state index contributed by atoms with van der Waals surface area (Å²) in [5.41, 5.74) is 13.2. The number of rotatable bonds is 2. The number of aromatic nitrogens is 1. The van der Waals surface area contributed by atoms with Crippen molar-refractivity contribution in [3.8, 4) is 0 Å². The Morgan fingerprint density at radius 2 is 1.67 bits per heavy atom. The van der Waals surface area contributed by atoms with E-state index in [0.717, 1.165) is 16.8 Å². The van der Waals surface area contributed by atoms with E-state index in [1.807, 2.05) is 18.2 Å². The fourth-order valence-electron chi connectivity index (χ4n) is 2.79. The molecule has 0 radical (unpaired) electrons. The molecule has 1 heterocycles. The lowest BCUT2D eigenvalue weighted by Gasteiger charge is -2.16. The van der Waals surface area contributed by atoms with Crippen LogP contribution in [0.15, 0.2) is 48.5 Å². The van der Waals surface area contributed by atoms with Crippen LogP contribution in [-0.2, 0) is 0 Å². The van der Waals surface area contributed by atoms with Crippen LogP contribution in [0.2, 0.25) is 0 Å². The fourth-order valence-corrected chi connectivity index (χ4v) is 2.79. The molecule has 2 aromatic carbocycles. The Morgan fingerprint density at radius 1 is 0.905 bits per heavy atom. The number of hydrogen-bond acceptors (Lipinski definition) is 2. The summed E-state index contributed by atoms with van der Waals surface area (Å²) < 4.78 is 0. The summed E-state index contributed by atoms with van der Waals surface area (Å²) in [6, 6.07) is 16.5. The van der Waals surface area contributed by atoms with Crippen molar-refractivity contribution >= 4 is 10.9 Å². The molecule has 0 fully saturated rings. The van der Waals surface area contributed by atoms with Gasteiger partial charge >= 0.3 is 0 Å². The maximum atomic E-state index is 6.48. The summed E-state index contributed by atoms with van der Waals surface area (Å²) in [5, 5.41) is 1.19. The summed E-state index contributed by atoms with van der Waals surface area (Å²) in [6.07, 6.45) is 0. The van der Waals surface area contributed by atoms with Crippen LogP contribution in [-0.4, -0.2) is 4.98 Å². The van der Waals surface area contributed by atoms with Gasteiger partial charge in [0.25, 0.3) is 0 Å². The van der Waals surface area contributed by atoms with Gasteiger partial charge in [-0.2, -0.15) is 0 Å². The highest BCUT2D eigenvalue weighted by Crippen LogP contribution is 2.26. The molecule has 2 nitrogen and oxygen atoms in total. The molecule has 0 spiro atoms. The molecule has 21 heavy (non-hydrogen) atoms. The van der Waals surface area contributed by atoms with E-state index in [-0.39, 0.29) is 6.04 Å². The Hall–Kier alpha value is -2.19. The lowest BCUT2D eigenvalue weighted by Crippen LogP contribution is -2.15. The summed E-state index contributed by atoms with van der Waals surface area (Å²) >= 11 is 0. The minimum atomic E-state index is -0.187. The van der Waals surface area contributed by atoms with Gasteiger partial charge in [0.2, 0.25) is 0 Å². The van der Waals surface area contributed by atoms with E-state index in [1.54, 1.807) is 0 Å². The molecular weight excluding hydrogens is 256 g/mol. The second-order valence-corrected chi connectivity index (χ2v) is 5.72. The van der Waals surface area contributed by atoms with Gasteiger partial charge < -0.3 is 5.73 Å². The maximum absolute atomic E-state index is 6.48. The van der Waals surface area contributed by atoms with Crippen LogP contribution in [0.5, 0.6) is 0 Å². The number of para-hydroxylation sites is 1. The molecule has 0 bridgehead atoms. The standard InChI is InChI=1S/C19H20N2/c1-12-8-9-13(2)16(10-12)19(20)18-11-14(3)15-6-4-5-7-17(15)21-18/h4-11,19H,20H2,1-3H3. The molecule has 106 valence electrons. The van der Waals surface area contributed by atoms with E-state index in [1.165, 1.54) is 22.1 Å². The highest BCUT2D eigenvalue weighted by atomic mass is 14.8. The van der Waals surface area contributed by atoms with Crippen molar-refractivity contribution in [1.29, 1.82) is 0 Å². The molecule has 1 atom stereocenters. The van der Waals surface area contributed by atoms with Crippen LogP contribution in [0.25, 0.3) is 10.9 Å². The van der Waals surface area contributed by atoms with Crippen LogP contribution in [0, 0.1) is 20.8 Å². The van der Waals surface area contributed by atoms with E-state index < -0.39 is 0 Å². The fraction of sp³-hybridized carbons (Fsp3) is 0.211. The maximum Gasteiger partial charge on any atom is 0.0729 e. The van der Waals surface area contributed by atoms with Crippen LogP contribution < -0.4 is 5.73 Å². The van der Waals surface area contributed by atoms with Crippen molar-refractivity contribution in [1.82, 2.24) is 4.98 Å². The zero-order valence-electron chi connectivity index (χ0n) is 12.7. The summed E-state index contributed by atoms with van der Waals surface area (Å²) in [7, 11) is 0. The van der Waals surface area contributed by atoms with Gasteiger partial charge in [0.1, 0.15) is 0 Å². The first-order valence-corrected chi connectivity index (χ1v) is 7.25. The minimum absolute atomic E-state index is 0.187. The molecule has 0 aliphatic carbocycles. The Bertz CT molecular complexity index is 806. The van der Waals surface area contributed by atoms with E-state index in [9.17, 15) is 0 Å². The quantitative estimate of drug-likeness (QED) is 0.761. The number of benzene rings is 2. The second-order valence-electron chi connectivity index (χ2n) is 5.72. The lowest BCUT2D eigenvalue weighted by molar-refractivity contribution is 0.825. The van der Waals surface area contributed by atoms with E-state index in [2.05, 4.69) is 51.1 Å². The predicted octanol–water partition coefficient (Wildman–Crippen LogP) is 4.21. The smallest absolute Gasteiger partial charge is 0.0729 e. The number of aryl methyl sites for hydroxylation is 3. The average molecular weight is 276 g/mol. The van der Waals surface area contributed by atoms with Crippen molar-refractivity contribution in [2.75, 3.05) is 0 Å². The lowest BCUT2D eigenvalue weighted by atomic mass is 9.96. The topological polar surface area (TPSA) is 38.9 Å². The number of pyridine rings is 1. The van der Waals surface area contributed by atoms with Crippen molar-refractivity contribution in [3.05, 3.63) is 76.5 Å². The number of nitrogens with two attached hydrogens (primary N) is 1. The van der Waals surface area contributed by atoms with Gasteiger partial charge in [-0.3, -0.25) is 4.98 Å². The second kappa shape index (κ2) is 5.30. The molecule has 2 N–H and O–H groups in total. The first kappa shape index (κ1) is 13.8. The monoisotopic (exact) mass is 276 g/mol. The third-order valence-electron chi connectivity index (χ3n) is 4.03. The third kappa shape index (κ3) is 2.55. The molecular formula is C19H20N2. The van der Waals surface area contributed by atoms with Crippen molar-refractivity contribution in [3.63, 3.8) is 0 Å². The van der Waals surface area contributed by atoms with Crippen LogP contribution >= 0.6 is 0 Å². The molecule has 0 amide bonds. The Morgan fingerprint density at radius 3 is 2.48 bits per heavy atom. The molecule has 1 aromatic heterocycles. The number of nitrogens with zero attached hydrogens (tertiary/aromatic N) is 1.